The number of para-hydroxylation sites is 2. The molecular weight excluding hydrogens is 392 g/mol. The van der Waals surface area contributed by atoms with Gasteiger partial charge in [0.1, 0.15) is 5.70 Å². The van der Waals surface area contributed by atoms with E-state index in [-0.39, 0.29) is 11.8 Å². The fourth-order valence-electron chi connectivity index (χ4n) is 3.34. The zero-order chi connectivity index (χ0) is 19.7. The molecule has 2 aromatic carbocycles. The first-order valence-corrected chi connectivity index (χ1v) is 10.1. The topological polar surface area (TPSA) is 40.6 Å². The van der Waals surface area contributed by atoms with E-state index < -0.39 is 0 Å². The van der Waals surface area contributed by atoms with Crippen molar-refractivity contribution in [3.05, 3.63) is 87.7 Å². The van der Waals surface area contributed by atoms with Crippen LogP contribution in [-0.2, 0) is 9.59 Å². The van der Waals surface area contributed by atoms with E-state index in [0.29, 0.717) is 28.5 Å². The molecule has 1 aliphatic rings. The molecule has 6 heteroatoms. The Morgan fingerprint density at radius 1 is 0.929 bits per heavy atom. The summed E-state index contributed by atoms with van der Waals surface area (Å²) in [5, 5.41) is 2.26. The number of thiophene rings is 1. The minimum absolute atomic E-state index is 0.357. The molecule has 0 unspecified atom stereocenters. The molecule has 28 heavy (non-hydrogen) atoms. The zero-order valence-electron chi connectivity index (χ0n) is 15.1. The number of amides is 2. The van der Waals surface area contributed by atoms with Gasteiger partial charge in [-0.25, -0.2) is 4.90 Å². The van der Waals surface area contributed by atoms with E-state index in [4.69, 9.17) is 11.6 Å². The Labute approximate surface area is 172 Å². The van der Waals surface area contributed by atoms with E-state index in [0.717, 1.165) is 10.6 Å². The largest absolute Gasteiger partial charge is 0.337 e. The van der Waals surface area contributed by atoms with Crippen LogP contribution in [0, 0.1) is 0 Å². The van der Waals surface area contributed by atoms with Gasteiger partial charge in [0, 0.05) is 17.1 Å². The van der Waals surface area contributed by atoms with Crippen LogP contribution in [0.5, 0.6) is 0 Å². The standard InChI is InChI=1S/C22H17ClN2O2S/c1-2-24(15-9-4-3-5-10-15)20-19(18-13-8-14-28-18)21(26)25(22(20)27)17-12-7-6-11-16(17)23/h3-14H,2H2,1H3. The zero-order valence-corrected chi connectivity index (χ0v) is 16.7. The number of anilines is 2. The van der Waals surface area contributed by atoms with Gasteiger partial charge in [-0.1, -0.05) is 48.0 Å². The molecule has 0 N–H and O–H groups in total. The monoisotopic (exact) mass is 408 g/mol. The van der Waals surface area contributed by atoms with Crippen molar-refractivity contribution in [2.45, 2.75) is 6.92 Å². The van der Waals surface area contributed by atoms with E-state index in [1.807, 2.05) is 59.7 Å². The predicted octanol–water partition coefficient (Wildman–Crippen LogP) is 5.21. The summed E-state index contributed by atoms with van der Waals surface area (Å²) in [6.07, 6.45) is 0. The third-order valence-corrected chi connectivity index (χ3v) is 5.78. The van der Waals surface area contributed by atoms with Crippen molar-refractivity contribution >= 4 is 51.7 Å². The Kier molecular flexibility index (Phi) is 5.03. The Hall–Kier alpha value is -2.89. The van der Waals surface area contributed by atoms with Gasteiger partial charge in [-0.05, 0) is 42.6 Å². The van der Waals surface area contributed by atoms with Crippen LogP contribution in [0.3, 0.4) is 0 Å². The maximum Gasteiger partial charge on any atom is 0.282 e. The van der Waals surface area contributed by atoms with E-state index in [1.54, 1.807) is 24.3 Å². The normalized spacial score (nSPS) is 14.1. The van der Waals surface area contributed by atoms with Gasteiger partial charge in [0.15, 0.2) is 0 Å². The molecule has 0 atom stereocenters. The molecule has 0 saturated heterocycles. The Morgan fingerprint density at radius 3 is 2.29 bits per heavy atom. The molecule has 0 saturated carbocycles. The molecule has 2 amide bonds. The molecule has 3 aromatic rings. The smallest absolute Gasteiger partial charge is 0.282 e. The summed E-state index contributed by atoms with van der Waals surface area (Å²) in [4.78, 5) is 30.7. The summed E-state index contributed by atoms with van der Waals surface area (Å²) in [6.45, 7) is 2.51. The van der Waals surface area contributed by atoms with E-state index >= 15 is 0 Å². The molecule has 4 rings (SSSR count). The Bertz CT molecular complexity index is 1060. The second-order valence-corrected chi connectivity index (χ2v) is 7.53. The minimum Gasteiger partial charge on any atom is -0.337 e. The number of halogens is 1. The Morgan fingerprint density at radius 2 is 1.64 bits per heavy atom. The Balaban J connectivity index is 1.90. The maximum atomic E-state index is 13.5. The van der Waals surface area contributed by atoms with Gasteiger partial charge < -0.3 is 4.90 Å². The first-order valence-electron chi connectivity index (χ1n) is 8.87. The van der Waals surface area contributed by atoms with Crippen LogP contribution in [0.1, 0.15) is 11.8 Å². The van der Waals surface area contributed by atoms with Gasteiger partial charge in [-0.3, -0.25) is 9.59 Å². The van der Waals surface area contributed by atoms with Gasteiger partial charge in [0.2, 0.25) is 0 Å². The predicted molar refractivity (Wildman–Crippen MR) is 115 cm³/mol. The molecule has 0 radical (unpaired) electrons. The number of likely N-dealkylation sites (N-methyl/N-ethyl adjacent to an activating group) is 1. The van der Waals surface area contributed by atoms with Gasteiger partial charge in [0.25, 0.3) is 11.8 Å². The highest BCUT2D eigenvalue weighted by Crippen LogP contribution is 2.39. The lowest BCUT2D eigenvalue weighted by Gasteiger charge is -2.25. The average Bonchev–Trinajstić information content (AvgIpc) is 3.31. The van der Waals surface area contributed by atoms with Crippen molar-refractivity contribution in [2.75, 3.05) is 16.3 Å². The van der Waals surface area contributed by atoms with E-state index in [2.05, 4.69) is 0 Å². The SMILES string of the molecule is CCN(C1=C(c2cccs2)C(=O)N(c2ccccc2Cl)C1=O)c1ccccc1. The van der Waals surface area contributed by atoms with Crippen molar-refractivity contribution in [3.63, 3.8) is 0 Å². The summed E-state index contributed by atoms with van der Waals surface area (Å²) >= 11 is 7.75. The van der Waals surface area contributed by atoms with Gasteiger partial charge >= 0.3 is 0 Å². The van der Waals surface area contributed by atoms with Crippen LogP contribution >= 0.6 is 22.9 Å². The lowest BCUT2D eigenvalue weighted by molar-refractivity contribution is -0.120. The molecule has 0 spiro atoms. The number of imide groups is 1. The van der Waals surface area contributed by atoms with Crippen LogP contribution < -0.4 is 9.80 Å². The molecular formula is C22H17ClN2O2S. The summed E-state index contributed by atoms with van der Waals surface area (Å²) in [5.41, 5.74) is 2.04. The lowest BCUT2D eigenvalue weighted by Crippen LogP contribution is -2.35. The van der Waals surface area contributed by atoms with Crippen LogP contribution in [0.2, 0.25) is 5.02 Å². The molecule has 1 aliphatic heterocycles. The first kappa shape index (κ1) is 18.5. The number of rotatable bonds is 5. The fourth-order valence-corrected chi connectivity index (χ4v) is 4.32. The van der Waals surface area contributed by atoms with Crippen molar-refractivity contribution < 1.29 is 9.59 Å². The van der Waals surface area contributed by atoms with Gasteiger partial charge in [-0.2, -0.15) is 0 Å². The number of nitrogens with zero attached hydrogens (tertiary/aromatic N) is 2. The quantitative estimate of drug-likeness (QED) is 0.544. The third kappa shape index (κ3) is 3.03. The summed E-state index contributed by atoms with van der Waals surface area (Å²) in [6, 6.07) is 20.2. The number of hydrogen-bond donors (Lipinski definition) is 0. The van der Waals surface area contributed by atoms with Crippen LogP contribution in [0.25, 0.3) is 5.57 Å². The summed E-state index contributed by atoms with van der Waals surface area (Å²) in [7, 11) is 0. The van der Waals surface area contributed by atoms with Crippen LogP contribution in [0.15, 0.2) is 77.8 Å². The molecule has 1 aromatic heterocycles. The highest BCUT2D eigenvalue weighted by molar-refractivity contribution is 7.11. The average molecular weight is 409 g/mol. The van der Waals surface area contributed by atoms with Crippen molar-refractivity contribution in [3.8, 4) is 0 Å². The third-order valence-electron chi connectivity index (χ3n) is 4.57. The highest BCUT2D eigenvalue weighted by atomic mass is 35.5. The molecule has 0 bridgehead atoms. The summed E-state index contributed by atoms with van der Waals surface area (Å²) < 4.78 is 0. The number of carbonyl (C=O) groups excluding carboxylic acids is 2. The lowest BCUT2D eigenvalue weighted by atomic mass is 10.1. The van der Waals surface area contributed by atoms with Gasteiger partial charge in [-0.15, -0.1) is 11.3 Å². The van der Waals surface area contributed by atoms with Crippen molar-refractivity contribution in [1.82, 2.24) is 0 Å². The molecule has 140 valence electrons. The maximum absolute atomic E-state index is 13.5. The minimum atomic E-state index is -0.368. The van der Waals surface area contributed by atoms with Crippen molar-refractivity contribution in [2.24, 2.45) is 0 Å². The van der Waals surface area contributed by atoms with Gasteiger partial charge in [0.05, 0.1) is 16.3 Å². The second kappa shape index (κ2) is 7.62. The van der Waals surface area contributed by atoms with Crippen LogP contribution in [-0.4, -0.2) is 18.4 Å². The summed E-state index contributed by atoms with van der Waals surface area (Å²) in [5.74, 6) is -0.725. The van der Waals surface area contributed by atoms with Crippen LogP contribution in [0.4, 0.5) is 11.4 Å². The highest BCUT2D eigenvalue weighted by Gasteiger charge is 2.43. The molecule has 2 heterocycles. The first-order chi connectivity index (χ1) is 13.6. The second-order valence-electron chi connectivity index (χ2n) is 6.18. The fraction of sp³-hybridized carbons (Fsp3) is 0.0909. The molecule has 0 fully saturated rings. The number of benzene rings is 2. The molecule has 0 aliphatic carbocycles. The number of hydrogen-bond acceptors (Lipinski definition) is 4. The van der Waals surface area contributed by atoms with Crippen molar-refractivity contribution in [1.29, 1.82) is 0 Å². The van der Waals surface area contributed by atoms with E-state index in [9.17, 15) is 9.59 Å². The van der Waals surface area contributed by atoms with E-state index in [1.165, 1.54) is 16.2 Å². The number of carbonyl (C=O) groups is 2. The molecule has 4 nitrogen and oxygen atoms in total.